The van der Waals surface area contributed by atoms with Gasteiger partial charge in [-0.1, -0.05) is 48.0 Å². The zero-order chi connectivity index (χ0) is 23.4. The van der Waals surface area contributed by atoms with E-state index in [2.05, 4.69) is 5.32 Å². The third-order valence-electron chi connectivity index (χ3n) is 5.15. The number of fused-ring (bicyclic) bond motifs is 1. The Balaban J connectivity index is 1.43. The van der Waals surface area contributed by atoms with Gasteiger partial charge in [0.25, 0.3) is 5.91 Å². The van der Waals surface area contributed by atoms with E-state index in [0.29, 0.717) is 18.8 Å². The number of amides is 1. The van der Waals surface area contributed by atoms with Crippen LogP contribution in [0.4, 0.5) is 5.69 Å². The molecule has 1 heterocycles. The number of nitrogens with zero attached hydrogens (tertiary/aromatic N) is 1. The maximum Gasteiger partial charge on any atom is 0.339 e. The van der Waals surface area contributed by atoms with Crippen LogP contribution in [0.1, 0.15) is 10.4 Å². The number of rotatable bonds is 6. The predicted octanol–water partition coefficient (Wildman–Crippen LogP) is 3.31. The van der Waals surface area contributed by atoms with Crippen molar-refractivity contribution in [2.45, 2.75) is 4.90 Å². The van der Waals surface area contributed by atoms with Gasteiger partial charge in [0.15, 0.2) is 6.61 Å². The lowest BCUT2D eigenvalue weighted by atomic mass is 10.1. The van der Waals surface area contributed by atoms with Crippen LogP contribution in [-0.2, 0) is 24.3 Å². The Morgan fingerprint density at radius 2 is 1.76 bits per heavy atom. The second-order valence-corrected chi connectivity index (χ2v) is 9.63. The van der Waals surface area contributed by atoms with Gasteiger partial charge >= 0.3 is 5.97 Å². The number of carbonyl (C=O) groups is 2. The molecule has 0 unspecified atom stereocenters. The third kappa shape index (κ3) is 5.17. The molecule has 33 heavy (non-hydrogen) atoms. The van der Waals surface area contributed by atoms with Crippen LogP contribution in [-0.4, -0.2) is 57.5 Å². The van der Waals surface area contributed by atoms with Crippen molar-refractivity contribution in [3.63, 3.8) is 0 Å². The van der Waals surface area contributed by atoms with Crippen LogP contribution in [0.2, 0.25) is 5.02 Å². The molecule has 4 rings (SSSR count). The summed E-state index contributed by atoms with van der Waals surface area (Å²) < 4.78 is 37.5. The maximum atomic E-state index is 12.9. The molecule has 0 spiro atoms. The summed E-state index contributed by atoms with van der Waals surface area (Å²) in [5.74, 6) is -1.24. The zero-order valence-electron chi connectivity index (χ0n) is 17.5. The minimum absolute atomic E-state index is 0.0434. The van der Waals surface area contributed by atoms with E-state index in [1.165, 1.54) is 22.5 Å². The standard InChI is InChI=1S/C23H21ClN2O6S/c24-20-9-8-17(14-21(20)33(29,30)26-10-12-31-13-11-26)25-22(27)15-32-23(28)19-7-3-5-16-4-1-2-6-18(16)19/h1-9,14H,10-13,15H2,(H,25,27). The first-order chi connectivity index (χ1) is 15.9. The minimum Gasteiger partial charge on any atom is -0.452 e. The second-order valence-electron chi connectivity index (χ2n) is 7.31. The van der Waals surface area contributed by atoms with E-state index in [1.807, 2.05) is 24.3 Å². The average Bonchev–Trinajstić information content (AvgIpc) is 2.84. The smallest absolute Gasteiger partial charge is 0.339 e. The van der Waals surface area contributed by atoms with E-state index in [0.717, 1.165) is 10.8 Å². The molecule has 0 radical (unpaired) electrons. The number of sulfonamides is 1. The first-order valence-electron chi connectivity index (χ1n) is 10.2. The van der Waals surface area contributed by atoms with Gasteiger partial charge in [0.1, 0.15) is 4.90 Å². The van der Waals surface area contributed by atoms with E-state index in [1.54, 1.807) is 18.2 Å². The lowest BCUT2D eigenvalue weighted by Crippen LogP contribution is -2.40. The van der Waals surface area contributed by atoms with Crippen LogP contribution in [0, 0.1) is 0 Å². The molecule has 10 heteroatoms. The van der Waals surface area contributed by atoms with Crippen LogP contribution in [0.15, 0.2) is 65.6 Å². The molecule has 8 nitrogen and oxygen atoms in total. The van der Waals surface area contributed by atoms with E-state index < -0.39 is 28.5 Å². The Labute approximate surface area is 196 Å². The van der Waals surface area contributed by atoms with E-state index in [4.69, 9.17) is 21.1 Å². The molecule has 0 aliphatic carbocycles. The number of hydrogen-bond donors (Lipinski definition) is 1. The molecule has 1 aliphatic rings. The molecule has 1 saturated heterocycles. The van der Waals surface area contributed by atoms with E-state index in [-0.39, 0.29) is 28.7 Å². The quantitative estimate of drug-likeness (QED) is 0.534. The van der Waals surface area contributed by atoms with Crippen molar-refractivity contribution in [2.24, 2.45) is 0 Å². The highest BCUT2D eigenvalue weighted by Crippen LogP contribution is 2.28. The zero-order valence-corrected chi connectivity index (χ0v) is 19.1. The lowest BCUT2D eigenvalue weighted by Gasteiger charge is -2.26. The number of hydrogen-bond acceptors (Lipinski definition) is 6. The van der Waals surface area contributed by atoms with Gasteiger partial charge in [-0.3, -0.25) is 4.79 Å². The Kier molecular flexibility index (Phi) is 6.94. The van der Waals surface area contributed by atoms with Crippen molar-refractivity contribution in [2.75, 3.05) is 38.2 Å². The molecule has 0 bridgehead atoms. The number of esters is 1. The summed E-state index contributed by atoms with van der Waals surface area (Å²) in [6.45, 7) is 0.514. The molecule has 0 aromatic heterocycles. The van der Waals surface area contributed by atoms with Gasteiger partial charge in [-0.05, 0) is 35.0 Å². The molecule has 1 N–H and O–H groups in total. The van der Waals surface area contributed by atoms with Crippen LogP contribution in [0.5, 0.6) is 0 Å². The fourth-order valence-electron chi connectivity index (χ4n) is 3.51. The summed E-state index contributed by atoms with van der Waals surface area (Å²) in [5.41, 5.74) is 0.573. The number of nitrogens with one attached hydrogen (secondary N) is 1. The fourth-order valence-corrected chi connectivity index (χ4v) is 5.42. The van der Waals surface area contributed by atoms with Crippen LogP contribution in [0.25, 0.3) is 10.8 Å². The van der Waals surface area contributed by atoms with Crippen molar-refractivity contribution in [3.05, 3.63) is 71.2 Å². The van der Waals surface area contributed by atoms with Crippen molar-refractivity contribution >= 4 is 50.0 Å². The number of carbonyl (C=O) groups excluding carboxylic acids is 2. The highest BCUT2D eigenvalue weighted by atomic mass is 35.5. The second kappa shape index (κ2) is 9.88. The molecular weight excluding hydrogens is 468 g/mol. The number of halogens is 1. The Morgan fingerprint density at radius 3 is 2.55 bits per heavy atom. The molecule has 1 aliphatic heterocycles. The van der Waals surface area contributed by atoms with Crippen LogP contribution >= 0.6 is 11.6 Å². The van der Waals surface area contributed by atoms with Gasteiger partial charge < -0.3 is 14.8 Å². The maximum absolute atomic E-state index is 12.9. The molecule has 3 aromatic rings. The molecule has 3 aromatic carbocycles. The van der Waals surface area contributed by atoms with Crippen molar-refractivity contribution in [1.29, 1.82) is 0 Å². The van der Waals surface area contributed by atoms with Crippen molar-refractivity contribution in [1.82, 2.24) is 4.31 Å². The van der Waals surface area contributed by atoms with Gasteiger partial charge in [-0.25, -0.2) is 13.2 Å². The van der Waals surface area contributed by atoms with Gasteiger partial charge in [0.2, 0.25) is 10.0 Å². The molecule has 1 fully saturated rings. The number of morpholine rings is 1. The summed E-state index contributed by atoms with van der Waals surface area (Å²) in [5, 5.41) is 4.19. The Bertz CT molecular complexity index is 1300. The summed E-state index contributed by atoms with van der Waals surface area (Å²) in [6, 6.07) is 16.8. The molecule has 1 amide bonds. The van der Waals surface area contributed by atoms with Gasteiger partial charge in [0.05, 0.1) is 23.8 Å². The molecular formula is C23H21ClN2O6S. The number of anilines is 1. The summed E-state index contributed by atoms with van der Waals surface area (Å²) in [4.78, 5) is 24.8. The van der Waals surface area contributed by atoms with Crippen molar-refractivity contribution in [3.8, 4) is 0 Å². The van der Waals surface area contributed by atoms with Crippen molar-refractivity contribution < 1.29 is 27.5 Å². The van der Waals surface area contributed by atoms with Gasteiger partial charge in [-0.15, -0.1) is 0 Å². The SMILES string of the molecule is O=C(COC(=O)c1cccc2ccccc12)Nc1ccc(Cl)c(S(=O)(=O)N2CCOCC2)c1. The van der Waals surface area contributed by atoms with Gasteiger partial charge in [-0.2, -0.15) is 4.31 Å². The lowest BCUT2D eigenvalue weighted by molar-refractivity contribution is -0.119. The van der Waals surface area contributed by atoms with Crippen LogP contribution in [0.3, 0.4) is 0 Å². The minimum atomic E-state index is -3.85. The third-order valence-corrected chi connectivity index (χ3v) is 7.53. The van der Waals surface area contributed by atoms with E-state index in [9.17, 15) is 18.0 Å². The Morgan fingerprint density at radius 1 is 1.03 bits per heavy atom. The highest BCUT2D eigenvalue weighted by Gasteiger charge is 2.28. The van der Waals surface area contributed by atoms with Gasteiger partial charge in [0, 0.05) is 18.8 Å². The Hall–Kier alpha value is -2.98. The molecule has 172 valence electrons. The summed E-state index contributed by atoms with van der Waals surface area (Å²) >= 11 is 6.14. The predicted molar refractivity (Wildman–Crippen MR) is 124 cm³/mol. The fraction of sp³-hybridized carbons (Fsp3) is 0.217. The normalized spacial score (nSPS) is 14.7. The van der Waals surface area contributed by atoms with E-state index >= 15 is 0 Å². The first kappa shape index (κ1) is 23.2. The number of ether oxygens (including phenoxy) is 2. The monoisotopic (exact) mass is 488 g/mol. The average molecular weight is 489 g/mol. The summed E-state index contributed by atoms with van der Waals surface area (Å²) in [6.07, 6.45) is 0. The largest absolute Gasteiger partial charge is 0.452 e. The summed E-state index contributed by atoms with van der Waals surface area (Å²) in [7, 11) is -3.85. The topological polar surface area (TPSA) is 102 Å². The molecule has 0 atom stereocenters. The van der Waals surface area contributed by atoms with Crippen LogP contribution < -0.4 is 5.32 Å². The number of benzene rings is 3. The molecule has 0 saturated carbocycles. The highest BCUT2D eigenvalue weighted by molar-refractivity contribution is 7.89. The first-order valence-corrected chi connectivity index (χ1v) is 12.0.